The van der Waals surface area contributed by atoms with E-state index in [1.807, 2.05) is 24.3 Å². The maximum absolute atomic E-state index is 5.98. The van der Waals surface area contributed by atoms with Crippen LogP contribution >= 0.6 is 15.9 Å². The van der Waals surface area contributed by atoms with Gasteiger partial charge in [0.1, 0.15) is 11.5 Å². The summed E-state index contributed by atoms with van der Waals surface area (Å²) in [6, 6.07) is 18.5. The first kappa shape index (κ1) is 19.1. The molecule has 5 rings (SSSR count). The van der Waals surface area contributed by atoms with Crippen molar-refractivity contribution in [3.8, 4) is 11.5 Å². The Morgan fingerprint density at radius 3 is 2.60 bits per heavy atom. The molecule has 0 unspecified atom stereocenters. The summed E-state index contributed by atoms with van der Waals surface area (Å²) < 4.78 is 9.20. The lowest BCUT2D eigenvalue weighted by molar-refractivity contribution is 0.482. The Bertz CT molecular complexity index is 1150. The Kier molecular flexibility index (Phi) is 5.14. The number of benzene rings is 2. The summed E-state index contributed by atoms with van der Waals surface area (Å²) in [4.78, 5) is 11.4. The molecule has 0 bridgehead atoms. The summed E-state index contributed by atoms with van der Waals surface area (Å²) in [5.41, 5.74) is 3.12. The van der Waals surface area contributed by atoms with Crippen LogP contribution in [0, 0.1) is 0 Å². The molecular formula is C23H22BrN5O. The number of aromatic nitrogens is 3. The predicted octanol–water partition coefficient (Wildman–Crippen LogP) is 5.02. The van der Waals surface area contributed by atoms with Crippen LogP contribution in [0.3, 0.4) is 0 Å². The molecule has 2 aromatic heterocycles. The second-order valence-corrected chi connectivity index (χ2v) is 8.32. The molecule has 0 amide bonds. The molecule has 4 aromatic rings. The van der Waals surface area contributed by atoms with Crippen LogP contribution in [0.2, 0.25) is 0 Å². The Morgan fingerprint density at radius 2 is 1.87 bits per heavy atom. The van der Waals surface area contributed by atoms with E-state index in [2.05, 4.69) is 73.1 Å². The normalized spacial score (nSPS) is 16.1. The van der Waals surface area contributed by atoms with Gasteiger partial charge in [0.15, 0.2) is 0 Å². The summed E-state index contributed by atoms with van der Waals surface area (Å²) in [7, 11) is 2.07. The van der Waals surface area contributed by atoms with Gasteiger partial charge in [0, 0.05) is 42.2 Å². The number of ether oxygens (including phenoxy) is 1. The molecule has 1 aliphatic heterocycles. The average molecular weight is 464 g/mol. The number of anilines is 2. The molecule has 7 heteroatoms. The molecule has 0 saturated carbocycles. The highest BCUT2D eigenvalue weighted by atomic mass is 79.9. The third kappa shape index (κ3) is 3.66. The van der Waals surface area contributed by atoms with Crippen molar-refractivity contribution in [1.29, 1.82) is 0 Å². The molecule has 30 heavy (non-hydrogen) atoms. The highest BCUT2D eigenvalue weighted by molar-refractivity contribution is 9.10. The topological polar surface area (TPSA) is 55.2 Å². The summed E-state index contributed by atoms with van der Waals surface area (Å²) in [6.45, 7) is 1.96. The van der Waals surface area contributed by atoms with Gasteiger partial charge < -0.3 is 19.5 Å². The van der Waals surface area contributed by atoms with Gasteiger partial charge in [-0.2, -0.15) is 0 Å². The Balaban J connectivity index is 1.55. The molecule has 6 nitrogen and oxygen atoms in total. The third-order valence-electron chi connectivity index (χ3n) is 5.43. The molecule has 2 aromatic carbocycles. The Hall–Kier alpha value is -2.90. The minimum absolute atomic E-state index is 0.356. The van der Waals surface area contributed by atoms with Crippen LogP contribution in [0.5, 0.6) is 11.5 Å². The second kappa shape index (κ2) is 8.08. The lowest BCUT2D eigenvalue weighted by atomic mass is 10.2. The van der Waals surface area contributed by atoms with Crippen LogP contribution in [-0.4, -0.2) is 33.7 Å². The zero-order chi connectivity index (χ0) is 20.5. The highest BCUT2D eigenvalue weighted by Gasteiger charge is 2.27. The molecule has 0 aliphatic carbocycles. The van der Waals surface area contributed by atoms with Crippen LogP contribution in [0.1, 0.15) is 6.42 Å². The number of nitrogens with one attached hydrogen (secondary N) is 1. The van der Waals surface area contributed by atoms with Crippen molar-refractivity contribution in [3.05, 3.63) is 71.5 Å². The largest absolute Gasteiger partial charge is 0.457 e. The van der Waals surface area contributed by atoms with Crippen molar-refractivity contribution < 1.29 is 4.74 Å². The Morgan fingerprint density at radius 1 is 1.07 bits per heavy atom. The summed E-state index contributed by atoms with van der Waals surface area (Å²) in [5.74, 6) is 2.45. The smallest absolute Gasteiger partial charge is 0.211 e. The van der Waals surface area contributed by atoms with Crippen molar-refractivity contribution in [1.82, 2.24) is 19.9 Å². The lowest BCUT2D eigenvalue weighted by Crippen LogP contribution is -2.34. The van der Waals surface area contributed by atoms with Gasteiger partial charge >= 0.3 is 0 Å². The van der Waals surface area contributed by atoms with Crippen LogP contribution in [0.15, 0.2) is 71.5 Å². The molecule has 1 fully saturated rings. The van der Waals surface area contributed by atoms with E-state index in [-0.39, 0.29) is 0 Å². The van der Waals surface area contributed by atoms with Gasteiger partial charge in [0.2, 0.25) is 5.95 Å². The van der Waals surface area contributed by atoms with E-state index in [1.165, 1.54) is 0 Å². The van der Waals surface area contributed by atoms with Gasteiger partial charge in [-0.25, -0.2) is 4.98 Å². The van der Waals surface area contributed by atoms with E-state index in [9.17, 15) is 0 Å². The standard InChI is InChI=1S/C23H22BrN5O/c1-28-22-7-6-20(30-19-9-12-25-13-10-19)14-21(22)27-23(28)29(18-8-11-26-15-18)17-4-2-16(24)3-5-17/h2-7,9-10,12-14,18,26H,8,11,15H2,1H3/t18-/m1/s1. The monoisotopic (exact) mass is 463 g/mol. The Labute approximate surface area is 183 Å². The lowest BCUT2D eigenvalue weighted by Gasteiger charge is -2.29. The second-order valence-electron chi connectivity index (χ2n) is 7.40. The first-order valence-electron chi connectivity index (χ1n) is 9.99. The van der Waals surface area contributed by atoms with Gasteiger partial charge in [0.05, 0.1) is 17.1 Å². The van der Waals surface area contributed by atoms with Gasteiger partial charge in [-0.15, -0.1) is 0 Å². The van der Waals surface area contributed by atoms with E-state index in [1.54, 1.807) is 12.4 Å². The number of halogens is 1. The van der Waals surface area contributed by atoms with E-state index < -0.39 is 0 Å². The molecule has 3 heterocycles. The number of hydrogen-bond donors (Lipinski definition) is 1. The zero-order valence-electron chi connectivity index (χ0n) is 16.6. The van der Waals surface area contributed by atoms with Crippen molar-refractivity contribution in [3.63, 3.8) is 0 Å². The number of fused-ring (bicyclic) bond motifs is 1. The predicted molar refractivity (Wildman–Crippen MR) is 123 cm³/mol. The van der Waals surface area contributed by atoms with E-state index >= 15 is 0 Å². The minimum Gasteiger partial charge on any atom is -0.457 e. The number of imidazole rings is 1. The van der Waals surface area contributed by atoms with Crippen molar-refractivity contribution in [2.24, 2.45) is 7.05 Å². The fourth-order valence-corrected chi connectivity index (χ4v) is 4.20. The molecule has 1 saturated heterocycles. The minimum atomic E-state index is 0.356. The SMILES string of the molecule is Cn1c(N(c2ccc(Br)cc2)[C@@H]2CCNC2)nc2cc(Oc3ccncc3)ccc21. The average Bonchev–Trinajstić information content (AvgIpc) is 3.40. The van der Waals surface area contributed by atoms with Crippen LogP contribution in [-0.2, 0) is 7.05 Å². The number of aryl methyl sites for hydroxylation is 1. The molecule has 1 N–H and O–H groups in total. The summed E-state index contributed by atoms with van der Waals surface area (Å²) in [5, 5.41) is 3.48. The first-order valence-corrected chi connectivity index (χ1v) is 10.8. The molecule has 1 atom stereocenters. The van der Waals surface area contributed by atoms with Crippen LogP contribution < -0.4 is 15.0 Å². The van der Waals surface area contributed by atoms with E-state index in [4.69, 9.17) is 9.72 Å². The van der Waals surface area contributed by atoms with Gasteiger partial charge in [-0.3, -0.25) is 4.98 Å². The maximum atomic E-state index is 5.98. The van der Waals surface area contributed by atoms with Crippen LogP contribution in [0.25, 0.3) is 11.0 Å². The first-order chi connectivity index (χ1) is 14.7. The van der Waals surface area contributed by atoms with Gasteiger partial charge in [-0.05, 0) is 61.5 Å². The highest BCUT2D eigenvalue weighted by Crippen LogP contribution is 2.34. The van der Waals surface area contributed by atoms with E-state index in [0.717, 1.165) is 58.2 Å². The third-order valence-corrected chi connectivity index (χ3v) is 5.96. The van der Waals surface area contributed by atoms with Gasteiger partial charge in [-0.1, -0.05) is 15.9 Å². The molecule has 152 valence electrons. The summed E-state index contributed by atoms with van der Waals surface area (Å²) >= 11 is 3.54. The van der Waals surface area contributed by atoms with Crippen molar-refractivity contribution in [2.75, 3.05) is 18.0 Å². The van der Waals surface area contributed by atoms with Crippen LogP contribution in [0.4, 0.5) is 11.6 Å². The molecular weight excluding hydrogens is 442 g/mol. The van der Waals surface area contributed by atoms with Crippen molar-refractivity contribution >= 4 is 38.6 Å². The van der Waals surface area contributed by atoms with Crippen molar-refractivity contribution in [2.45, 2.75) is 12.5 Å². The quantitative estimate of drug-likeness (QED) is 0.450. The number of nitrogens with zero attached hydrogens (tertiary/aromatic N) is 4. The molecule has 1 aliphatic rings. The number of hydrogen-bond acceptors (Lipinski definition) is 5. The molecule has 0 radical (unpaired) electrons. The fourth-order valence-electron chi connectivity index (χ4n) is 3.94. The number of pyridine rings is 1. The zero-order valence-corrected chi connectivity index (χ0v) is 18.2. The fraction of sp³-hybridized carbons (Fsp3) is 0.217. The maximum Gasteiger partial charge on any atom is 0.211 e. The number of rotatable bonds is 5. The molecule has 0 spiro atoms. The van der Waals surface area contributed by atoms with E-state index in [0.29, 0.717) is 6.04 Å². The van der Waals surface area contributed by atoms with Gasteiger partial charge in [0.25, 0.3) is 0 Å². The summed E-state index contributed by atoms with van der Waals surface area (Å²) in [6.07, 6.45) is 4.52.